The van der Waals surface area contributed by atoms with Gasteiger partial charge >= 0.3 is 0 Å². The minimum Gasteiger partial charge on any atom is -0.149 e. The Morgan fingerprint density at radius 3 is 2.23 bits per heavy atom. The first-order valence-corrected chi connectivity index (χ1v) is 5.29. The number of fused-ring (bicyclic) bond motifs is 2. The maximum Gasteiger partial charge on any atom is 0.181 e. The zero-order valence-corrected chi connectivity index (χ0v) is 9.19. The molecule has 0 aromatic rings. The van der Waals surface area contributed by atoms with Crippen LogP contribution in [-0.4, -0.2) is 5.00 Å². The summed E-state index contributed by atoms with van der Waals surface area (Å²) in [7, 11) is 0. The maximum absolute atomic E-state index is 10.8. The fraction of sp³-hybridized carbons (Fsp3) is 1.00. The van der Waals surface area contributed by atoms with Gasteiger partial charge in [0, 0.05) is 5.41 Å². The van der Waals surface area contributed by atoms with Crippen molar-refractivity contribution in [3.8, 4) is 0 Å². The van der Waals surface area contributed by atoms with Crippen LogP contribution in [-0.2, 0) is 0 Å². The van der Waals surface area contributed by atoms with E-state index in [1.54, 1.807) is 0 Å². The Bertz CT molecular complexity index is 266. The third kappa shape index (κ3) is 0.810. The van der Waals surface area contributed by atoms with Crippen LogP contribution in [0.2, 0.25) is 0 Å². The van der Waals surface area contributed by atoms with Gasteiger partial charge in [0.2, 0.25) is 0 Å². The van der Waals surface area contributed by atoms with Crippen molar-refractivity contribution in [2.75, 3.05) is 0 Å². The molecular formula is C10H16ClNO. The molecule has 2 rings (SSSR count). The highest BCUT2D eigenvalue weighted by Gasteiger charge is 2.69. The molecule has 2 aliphatic rings. The van der Waals surface area contributed by atoms with Crippen molar-refractivity contribution in [1.29, 1.82) is 0 Å². The second kappa shape index (κ2) is 2.28. The first kappa shape index (κ1) is 9.45. The summed E-state index contributed by atoms with van der Waals surface area (Å²) >= 11 is 6.30. The third-order valence-corrected chi connectivity index (χ3v) is 5.58. The molecule has 0 aromatic carbocycles. The molecule has 0 radical (unpaired) electrons. The van der Waals surface area contributed by atoms with Gasteiger partial charge in [0.1, 0.15) is 0 Å². The zero-order valence-electron chi connectivity index (χ0n) is 8.43. The van der Waals surface area contributed by atoms with E-state index in [1.165, 1.54) is 6.42 Å². The summed E-state index contributed by atoms with van der Waals surface area (Å²) in [5, 5.41) is 3.18. The first-order valence-electron chi connectivity index (χ1n) is 4.91. The van der Waals surface area contributed by atoms with Crippen molar-refractivity contribution in [3.63, 3.8) is 0 Å². The molecule has 0 saturated heterocycles. The van der Waals surface area contributed by atoms with E-state index < -0.39 is 5.00 Å². The Kier molecular flexibility index (Phi) is 1.65. The maximum atomic E-state index is 10.8. The van der Waals surface area contributed by atoms with Crippen molar-refractivity contribution < 1.29 is 0 Å². The fourth-order valence-corrected chi connectivity index (χ4v) is 3.85. The number of nitrogens with zero attached hydrogens (tertiary/aromatic N) is 1. The lowest BCUT2D eigenvalue weighted by atomic mass is 9.69. The van der Waals surface area contributed by atoms with Crippen LogP contribution < -0.4 is 0 Å². The molecule has 0 amide bonds. The molecule has 0 spiro atoms. The quantitative estimate of drug-likeness (QED) is 0.363. The van der Waals surface area contributed by atoms with E-state index in [0.717, 1.165) is 12.8 Å². The van der Waals surface area contributed by atoms with Crippen molar-refractivity contribution in [2.24, 2.45) is 21.9 Å². The van der Waals surface area contributed by atoms with Gasteiger partial charge in [-0.1, -0.05) is 32.4 Å². The summed E-state index contributed by atoms with van der Waals surface area (Å²) in [6.07, 6.45) is 3.01. The molecule has 13 heavy (non-hydrogen) atoms. The molecule has 3 atom stereocenters. The Hall–Kier alpha value is -0.110. The van der Waals surface area contributed by atoms with E-state index in [2.05, 4.69) is 25.9 Å². The number of halogens is 1. The standard InChI is InChI=1S/C10H16ClNO/c1-8(2)7-4-5-9(8,3)10(11,6-7)12-13/h7H,4-6H2,1-3H3/t7-,9-,10?/m0/s1. The Balaban J connectivity index is 2.49. The lowest BCUT2D eigenvalue weighted by molar-refractivity contribution is 0.121. The van der Waals surface area contributed by atoms with E-state index in [-0.39, 0.29) is 10.8 Å². The predicted octanol–water partition coefficient (Wildman–Crippen LogP) is 3.53. The lowest BCUT2D eigenvalue weighted by Gasteiger charge is -2.40. The average molecular weight is 202 g/mol. The van der Waals surface area contributed by atoms with Gasteiger partial charge in [-0.2, -0.15) is 0 Å². The molecule has 3 heteroatoms. The molecule has 74 valence electrons. The van der Waals surface area contributed by atoms with E-state index in [0.29, 0.717) is 5.92 Å². The summed E-state index contributed by atoms with van der Waals surface area (Å²) < 4.78 is 0. The SMILES string of the molecule is CC1(C)[C@H]2CC[C@]1(C)C(Cl)(N=O)C2. The van der Waals surface area contributed by atoms with Gasteiger partial charge in [-0.15, -0.1) is 4.91 Å². The van der Waals surface area contributed by atoms with Gasteiger partial charge in [-0.3, -0.25) is 0 Å². The van der Waals surface area contributed by atoms with Gasteiger partial charge in [0.25, 0.3) is 0 Å². The van der Waals surface area contributed by atoms with Crippen LogP contribution in [0.15, 0.2) is 5.18 Å². The minimum atomic E-state index is -0.834. The average Bonchev–Trinajstić information content (AvgIpc) is 2.36. The molecule has 2 fully saturated rings. The van der Waals surface area contributed by atoms with E-state index >= 15 is 0 Å². The molecule has 0 heterocycles. The highest BCUT2D eigenvalue weighted by atomic mass is 35.5. The van der Waals surface area contributed by atoms with Gasteiger partial charge in [-0.25, -0.2) is 0 Å². The largest absolute Gasteiger partial charge is 0.181 e. The summed E-state index contributed by atoms with van der Waals surface area (Å²) in [5.41, 5.74) is 0.0661. The fourth-order valence-electron chi connectivity index (χ4n) is 3.33. The van der Waals surface area contributed by atoms with Crippen LogP contribution in [0.3, 0.4) is 0 Å². The van der Waals surface area contributed by atoms with E-state index in [9.17, 15) is 4.91 Å². The van der Waals surface area contributed by atoms with Crippen LogP contribution in [0.4, 0.5) is 0 Å². The number of alkyl halides is 1. The van der Waals surface area contributed by atoms with E-state index in [4.69, 9.17) is 11.6 Å². The second-order valence-corrected chi connectivity index (χ2v) is 5.97. The van der Waals surface area contributed by atoms with Crippen LogP contribution in [0, 0.1) is 21.7 Å². The van der Waals surface area contributed by atoms with Crippen LogP contribution in [0.5, 0.6) is 0 Å². The van der Waals surface area contributed by atoms with E-state index in [1.807, 2.05) is 0 Å². The highest BCUT2D eigenvalue weighted by Crippen LogP contribution is 2.71. The number of rotatable bonds is 1. The predicted molar refractivity (Wildman–Crippen MR) is 53.6 cm³/mol. The monoisotopic (exact) mass is 201 g/mol. The Morgan fingerprint density at radius 2 is 2.00 bits per heavy atom. The molecule has 2 nitrogen and oxygen atoms in total. The molecule has 0 N–H and O–H groups in total. The number of nitroso groups, excluding NO2 is 1. The van der Waals surface area contributed by atoms with Crippen LogP contribution in [0.25, 0.3) is 0 Å². The van der Waals surface area contributed by atoms with Crippen molar-refractivity contribution in [2.45, 2.75) is 45.0 Å². The topological polar surface area (TPSA) is 29.4 Å². The molecule has 0 aliphatic heterocycles. The van der Waals surface area contributed by atoms with Gasteiger partial charge in [-0.05, 0) is 35.8 Å². The summed E-state index contributed by atoms with van der Waals surface area (Å²) in [6, 6.07) is 0. The van der Waals surface area contributed by atoms with Gasteiger partial charge < -0.3 is 0 Å². The van der Waals surface area contributed by atoms with Crippen molar-refractivity contribution in [3.05, 3.63) is 4.91 Å². The lowest BCUT2D eigenvalue weighted by Crippen LogP contribution is -2.41. The van der Waals surface area contributed by atoms with Crippen molar-refractivity contribution >= 4 is 11.6 Å². The molecule has 0 aromatic heterocycles. The summed E-state index contributed by atoms with van der Waals surface area (Å²) in [4.78, 5) is 10.00. The van der Waals surface area contributed by atoms with Crippen molar-refractivity contribution in [1.82, 2.24) is 0 Å². The van der Waals surface area contributed by atoms with Gasteiger partial charge in [0.05, 0.1) is 0 Å². The highest BCUT2D eigenvalue weighted by molar-refractivity contribution is 6.24. The normalized spacial score (nSPS) is 52.5. The third-order valence-electron chi connectivity index (χ3n) is 4.94. The molecular weight excluding hydrogens is 186 g/mol. The van der Waals surface area contributed by atoms with Crippen LogP contribution >= 0.6 is 11.6 Å². The Morgan fingerprint density at radius 1 is 1.38 bits per heavy atom. The zero-order chi connectivity index (χ0) is 9.91. The Labute approximate surface area is 84.0 Å². The number of hydrogen-bond acceptors (Lipinski definition) is 2. The molecule has 2 aliphatic carbocycles. The molecule has 2 bridgehead atoms. The smallest absolute Gasteiger partial charge is 0.149 e. The van der Waals surface area contributed by atoms with Crippen LogP contribution in [0.1, 0.15) is 40.0 Å². The second-order valence-electron chi connectivity index (χ2n) is 5.34. The summed E-state index contributed by atoms with van der Waals surface area (Å²) in [6.45, 7) is 6.56. The first-order chi connectivity index (χ1) is 5.87. The van der Waals surface area contributed by atoms with Gasteiger partial charge in [0.15, 0.2) is 5.00 Å². The number of hydrogen-bond donors (Lipinski definition) is 0. The molecule has 1 unspecified atom stereocenters. The summed E-state index contributed by atoms with van der Waals surface area (Å²) in [5.74, 6) is 0.577. The minimum absolute atomic E-state index is 0.103. The molecule has 2 saturated carbocycles.